The molecule has 1 aromatic carbocycles. The molecule has 0 saturated heterocycles. The van der Waals surface area contributed by atoms with Gasteiger partial charge in [-0.2, -0.15) is 15.0 Å². The van der Waals surface area contributed by atoms with E-state index in [0.29, 0.717) is 21.2 Å². The van der Waals surface area contributed by atoms with Gasteiger partial charge in [0.25, 0.3) is 0 Å². The molecule has 0 saturated carbocycles. The summed E-state index contributed by atoms with van der Waals surface area (Å²) in [5.74, 6) is 0.888. The Morgan fingerprint density at radius 2 is 1.88 bits per heavy atom. The number of aromatic nitrogens is 5. The zero-order valence-electron chi connectivity index (χ0n) is 12.6. The predicted molar refractivity (Wildman–Crippen MR) is 93.6 cm³/mol. The lowest BCUT2D eigenvalue weighted by Crippen LogP contribution is -2.03. The maximum absolute atomic E-state index is 5.57. The minimum atomic E-state index is 0.0681. The number of anilines is 4. The van der Waals surface area contributed by atoms with Crippen LogP contribution in [0, 0.1) is 0 Å². The van der Waals surface area contributed by atoms with E-state index in [-0.39, 0.29) is 11.9 Å². The molecular formula is C13H14N8OS2. The highest BCUT2D eigenvalue weighted by Crippen LogP contribution is 2.33. The van der Waals surface area contributed by atoms with Crippen molar-refractivity contribution in [2.75, 3.05) is 23.4 Å². The molecule has 11 heteroatoms. The van der Waals surface area contributed by atoms with Crippen LogP contribution in [0.5, 0.6) is 5.75 Å². The summed E-state index contributed by atoms with van der Waals surface area (Å²) >= 11 is 2.57. The zero-order valence-corrected chi connectivity index (χ0v) is 14.3. The Kier molecular flexibility index (Phi) is 4.91. The largest absolute Gasteiger partial charge is 0.492 e. The number of rotatable bonds is 6. The number of ether oxygens (including phenoxy) is 1. The Morgan fingerprint density at radius 1 is 1.12 bits per heavy atom. The average molecular weight is 362 g/mol. The molecule has 124 valence electrons. The van der Waals surface area contributed by atoms with Crippen LogP contribution >= 0.6 is 23.1 Å². The topological polar surface area (TPSA) is 138 Å². The molecule has 2 heterocycles. The fraction of sp³-hybridized carbons (Fsp3) is 0.154. The molecule has 0 spiro atoms. The second kappa shape index (κ2) is 7.27. The Bertz CT molecular complexity index is 820. The van der Waals surface area contributed by atoms with Gasteiger partial charge in [0, 0.05) is 0 Å². The molecule has 5 N–H and O–H groups in total. The highest BCUT2D eigenvalue weighted by molar-refractivity contribution is 8.00. The highest BCUT2D eigenvalue weighted by atomic mass is 32.2. The fourth-order valence-electron chi connectivity index (χ4n) is 1.78. The van der Waals surface area contributed by atoms with Crippen LogP contribution in [0.25, 0.3) is 0 Å². The molecule has 0 bridgehead atoms. The van der Waals surface area contributed by atoms with Gasteiger partial charge in [-0.05, 0) is 30.8 Å². The van der Waals surface area contributed by atoms with Crippen LogP contribution in [0.2, 0.25) is 0 Å². The lowest BCUT2D eigenvalue weighted by molar-refractivity contribution is 0.342. The molecule has 0 amide bonds. The van der Waals surface area contributed by atoms with Gasteiger partial charge < -0.3 is 21.5 Å². The minimum Gasteiger partial charge on any atom is -0.492 e. The quantitative estimate of drug-likeness (QED) is 0.598. The van der Waals surface area contributed by atoms with Crippen LogP contribution < -0.4 is 21.5 Å². The number of hydrogen-bond acceptors (Lipinski definition) is 11. The molecule has 0 aliphatic heterocycles. The molecular weight excluding hydrogens is 348 g/mol. The van der Waals surface area contributed by atoms with Crippen molar-refractivity contribution in [3.63, 3.8) is 0 Å². The second-order valence-electron chi connectivity index (χ2n) is 4.36. The van der Waals surface area contributed by atoms with E-state index in [9.17, 15) is 0 Å². The first kappa shape index (κ1) is 16.2. The van der Waals surface area contributed by atoms with E-state index in [1.54, 1.807) is 0 Å². The third-order valence-corrected chi connectivity index (χ3v) is 4.42. The van der Waals surface area contributed by atoms with Crippen molar-refractivity contribution < 1.29 is 4.74 Å². The van der Waals surface area contributed by atoms with Crippen molar-refractivity contribution in [2.45, 2.75) is 16.4 Å². The molecule has 0 fully saturated rings. The van der Waals surface area contributed by atoms with Gasteiger partial charge in [-0.1, -0.05) is 23.5 Å². The number of nitrogens with one attached hydrogen (secondary N) is 1. The normalized spacial score (nSPS) is 10.5. The summed E-state index contributed by atoms with van der Waals surface area (Å²) in [5.41, 5.74) is 11.9. The van der Waals surface area contributed by atoms with Crippen LogP contribution in [-0.4, -0.2) is 31.8 Å². The summed E-state index contributed by atoms with van der Waals surface area (Å²) in [7, 11) is 0. The Labute approximate surface area is 145 Å². The maximum Gasteiger partial charge on any atom is 0.225 e. The van der Waals surface area contributed by atoms with Gasteiger partial charge in [0.15, 0.2) is 4.34 Å². The van der Waals surface area contributed by atoms with Gasteiger partial charge in [0.1, 0.15) is 5.75 Å². The minimum absolute atomic E-state index is 0.0681. The molecule has 0 aliphatic carbocycles. The van der Waals surface area contributed by atoms with Crippen molar-refractivity contribution in [2.24, 2.45) is 0 Å². The number of para-hydroxylation sites is 2. The summed E-state index contributed by atoms with van der Waals surface area (Å²) < 4.78 is 6.22. The number of hydrogen-bond donors (Lipinski definition) is 3. The number of nitrogens with zero attached hydrogens (tertiary/aromatic N) is 5. The standard InChI is InChI=1S/C13H14N8OS2/c1-2-22-8-6-4-3-5-7(8)16-12-20-21-13(24-12)23-11-18-9(14)17-10(15)19-11/h3-6H,2H2,1H3,(H,16,20)(H4,14,15,17,18,19). The van der Waals surface area contributed by atoms with E-state index in [4.69, 9.17) is 16.2 Å². The molecule has 3 aromatic rings. The van der Waals surface area contributed by atoms with E-state index in [2.05, 4.69) is 30.5 Å². The first-order valence-electron chi connectivity index (χ1n) is 6.91. The van der Waals surface area contributed by atoms with E-state index in [0.717, 1.165) is 11.4 Å². The van der Waals surface area contributed by atoms with E-state index >= 15 is 0 Å². The van der Waals surface area contributed by atoms with Crippen molar-refractivity contribution in [3.05, 3.63) is 24.3 Å². The van der Waals surface area contributed by atoms with Gasteiger partial charge in [-0.3, -0.25) is 0 Å². The second-order valence-corrected chi connectivity index (χ2v) is 6.56. The van der Waals surface area contributed by atoms with Crippen molar-refractivity contribution in [1.29, 1.82) is 0 Å². The molecule has 2 aromatic heterocycles. The number of nitrogen functional groups attached to an aromatic ring is 2. The number of benzene rings is 1. The molecule has 0 atom stereocenters. The lowest BCUT2D eigenvalue weighted by atomic mass is 10.3. The van der Waals surface area contributed by atoms with E-state index < -0.39 is 0 Å². The Hall–Kier alpha value is -2.66. The predicted octanol–water partition coefficient (Wildman–Crippen LogP) is 2.18. The molecule has 0 radical (unpaired) electrons. The van der Waals surface area contributed by atoms with E-state index in [1.807, 2.05) is 31.2 Å². The van der Waals surface area contributed by atoms with Crippen molar-refractivity contribution >= 4 is 45.8 Å². The van der Waals surface area contributed by atoms with Crippen molar-refractivity contribution in [1.82, 2.24) is 25.1 Å². The van der Waals surface area contributed by atoms with Gasteiger partial charge in [0.05, 0.1) is 12.3 Å². The molecule has 9 nitrogen and oxygen atoms in total. The third-order valence-electron chi connectivity index (χ3n) is 2.66. The van der Waals surface area contributed by atoms with Gasteiger partial charge >= 0.3 is 0 Å². The average Bonchev–Trinajstić information content (AvgIpc) is 2.95. The van der Waals surface area contributed by atoms with E-state index in [1.165, 1.54) is 23.1 Å². The highest BCUT2D eigenvalue weighted by Gasteiger charge is 2.11. The first-order chi connectivity index (χ1) is 11.6. The van der Waals surface area contributed by atoms with Gasteiger partial charge in [0.2, 0.25) is 22.2 Å². The SMILES string of the molecule is CCOc1ccccc1Nc1nnc(Sc2nc(N)nc(N)n2)s1. The molecule has 0 aliphatic rings. The van der Waals surface area contributed by atoms with Gasteiger partial charge in [-0.15, -0.1) is 10.2 Å². The first-order valence-corrected chi connectivity index (χ1v) is 8.54. The van der Waals surface area contributed by atoms with Crippen molar-refractivity contribution in [3.8, 4) is 5.75 Å². The zero-order chi connectivity index (χ0) is 16.9. The molecule has 24 heavy (non-hydrogen) atoms. The summed E-state index contributed by atoms with van der Waals surface area (Å²) in [6.45, 7) is 2.51. The van der Waals surface area contributed by atoms with Gasteiger partial charge in [-0.25, -0.2) is 0 Å². The molecule has 3 rings (SSSR count). The summed E-state index contributed by atoms with van der Waals surface area (Å²) in [6.07, 6.45) is 0. The molecule has 0 unspecified atom stereocenters. The summed E-state index contributed by atoms with van der Waals surface area (Å²) in [6, 6.07) is 7.62. The van der Waals surface area contributed by atoms with Crippen LogP contribution in [0.3, 0.4) is 0 Å². The smallest absolute Gasteiger partial charge is 0.225 e. The summed E-state index contributed by atoms with van der Waals surface area (Å²) in [4.78, 5) is 11.7. The maximum atomic E-state index is 5.57. The van der Waals surface area contributed by atoms with Crippen LogP contribution in [0.4, 0.5) is 22.7 Å². The van der Waals surface area contributed by atoms with Crippen LogP contribution in [0.15, 0.2) is 33.8 Å². The Morgan fingerprint density at radius 3 is 2.62 bits per heavy atom. The third kappa shape index (κ3) is 4.00. The number of nitrogens with two attached hydrogens (primary N) is 2. The lowest BCUT2D eigenvalue weighted by Gasteiger charge is -2.09. The van der Waals surface area contributed by atoms with Crippen LogP contribution in [0.1, 0.15) is 6.92 Å². The Balaban J connectivity index is 1.74. The monoisotopic (exact) mass is 362 g/mol. The van der Waals surface area contributed by atoms with Crippen LogP contribution in [-0.2, 0) is 0 Å². The summed E-state index contributed by atoms with van der Waals surface area (Å²) in [5, 5.41) is 12.4. The fourth-order valence-corrected chi connectivity index (χ4v) is 3.41.